The molecule has 0 radical (unpaired) electrons. The quantitative estimate of drug-likeness (QED) is 0.0364. The van der Waals surface area contributed by atoms with Gasteiger partial charge in [0, 0.05) is 22.6 Å². The summed E-state index contributed by atoms with van der Waals surface area (Å²) in [5.41, 5.74) is -2.71. The van der Waals surface area contributed by atoms with Gasteiger partial charge in [-0.2, -0.15) is 20.8 Å². The zero-order valence-electron chi connectivity index (χ0n) is 38.0. The molecule has 0 saturated carbocycles. The Morgan fingerprint density at radius 2 is 1.57 bits per heavy atom. The van der Waals surface area contributed by atoms with E-state index in [0.717, 1.165) is 16.8 Å². The molecule has 0 bridgehead atoms. The molecule has 3 aromatic heterocycles. The molecule has 1 unspecified atom stereocenters. The van der Waals surface area contributed by atoms with Gasteiger partial charge in [0.2, 0.25) is 11.9 Å². The fourth-order valence-electron chi connectivity index (χ4n) is 6.33. The molecule has 2 saturated heterocycles. The first-order valence-corrected chi connectivity index (χ1v) is 29.5. The van der Waals surface area contributed by atoms with Crippen LogP contribution in [0, 0.1) is 39.9 Å². The minimum Gasteiger partial charge on any atom is -0.408 e. The fraction of sp³-hybridized carbons (Fsp3) is 0.658. The van der Waals surface area contributed by atoms with E-state index < -0.39 is 119 Å². The molecule has 5 heterocycles. The number of hydrogen-bond donors (Lipinski definition) is 3. The molecular weight excluding hydrogens is 1090 g/mol. The van der Waals surface area contributed by atoms with Crippen molar-refractivity contribution >= 4 is 80.3 Å². The van der Waals surface area contributed by atoms with Crippen LogP contribution in [0.2, 0.25) is 18.1 Å². The highest BCUT2D eigenvalue weighted by Crippen LogP contribution is 2.57. The third-order valence-corrected chi connectivity index (χ3v) is 20.0. The van der Waals surface area contributed by atoms with Crippen LogP contribution < -0.4 is 22.1 Å². The second-order valence-electron chi connectivity index (χ2n) is 17.0. The number of phosphoric acid groups is 1. The lowest BCUT2D eigenvalue weighted by molar-refractivity contribution is -0.118. The number of phosphoric ester groups is 1. The van der Waals surface area contributed by atoms with E-state index >= 15 is 4.39 Å². The monoisotopic (exact) mass is 1140 g/mol. The van der Waals surface area contributed by atoms with Crippen molar-refractivity contribution in [3.63, 3.8) is 0 Å². The largest absolute Gasteiger partial charge is 0.475 e. The number of carbonyl (C=O) groups excluding carboxylic acids is 1. The van der Waals surface area contributed by atoms with Gasteiger partial charge in [-0.15, -0.1) is 0 Å². The number of carbonyl (C=O) groups is 1. The van der Waals surface area contributed by atoms with Gasteiger partial charge >= 0.3 is 20.2 Å². The summed E-state index contributed by atoms with van der Waals surface area (Å²) in [5.74, 6) is -1.17. The van der Waals surface area contributed by atoms with Crippen molar-refractivity contribution in [3.8, 4) is 18.2 Å². The molecule has 30 heteroatoms. The Morgan fingerprint density at radius 3 is 2.15 bits per heavy atom. The summed E-state index contributed by atoms with van der Waals surface area (Å²) in [6.07, 6.45) is -10.3. The van der Waals surface area contributed by atoms with Gasteiger partial charge in [-0.05, 0) is 29.9 Å². The number of halogens is 2. The van der Waals surface area contributed by atoms with Crippen molar-refractivity contribution in [2.45, 2.75) is 121 Å². The number of nitrogens with zero attached hydrogens (tertiary/aromatic N) is 7. The Labute approximate surface area is 409 Å². The minimum absolute atomic E-state index is 0.0575. The Balaban J connectivity index is 1.62. The Morgan fingerprint density at radius 1 is 0.956 bits per heavy atom. The number of nitriles is 3. The zero-order chi connectivity index (χ0) is 50.2. The van der Waals surface area contributed by atoms with E-state index in [9.17, 15) is 39.5 Å². The van der Waals surface area contributed by atoms with Crippen molar-refractivity contribution in [2.24, 2.45) is 5.92 Å². The molecule has 2 aliphatic rings. The number of anilines is 1. The standard InChI is InChI=1S/C38H52FIN10O14P2SSi/c1-22(2)32(52)47-36-46-31-27(33(53)48-36)44-21-50(31)35-30(63-66(67,57-17-9-13-42)58-18-10-14-43)29(64-68(6,7)38(3,4)5)24(61-35)20-59-65(55,56-16-8-12-41)62-28-23(19-40)60-34(26(28)39)49-15-11-25(51)45-37(49)54/h11,15,21-24,26,28-30,34-35H,8-10,16-20H2,1-7H3,(H,45,51,54)(H2,46,47,48,52,53)/t23-,24-,26-,28-,29-,30-,34-,35-,65?/m1/s1. The van der Waals surface area contributed by atoms with Gasteiger partial charge in [-0.25, -0.2) is 18.7 Å². The normalized spacial score (nSPS) is 24.1. The summed E-state index contributed by atoms with van der Waals surface area (Å²) in [4.78, 5) is 63.8. The van der Waals surface area contributed by atoms with Gasteiger partial charge in [0.1, 0.15) is 24.4 Å². The third-order valence-electron chi connectivity index (χ3n) is 10.8. The minimum atomic E-state index is -4.96. The maximum atomic E-state index is 16.4. The first-order valence-electron chi connectivity index (χ1n) is 21.0. The molecule has 5 rings (SSSR count). The van der Waals surface area contributed by atoms with Crippen molar-refractivity contribution in [1.29, 1.82) is 15.8 Å². The van der Waals surface area contributed by atoms with E-state index in [1.54, 1.807) is 13.8 Å². The molecule has 3 N–H and O–H groups in total. The number of rotatable bonds is 23. The highest BCUT2D eigenvalue weighted by atomic mass is 127. The molecule has 3 aromatic rings. The van der Waals surface area contributed by atoms with Gasteiger partial charge in [0.25, 0.3) is 11.1 Å². The van der Waals surface area contributed by atoms with Crippen molar-refractivity contribution in [1.82, 2.24) is 29.1 Å². The van der Waals surface area contributed by atoms with Gasteiger partial charge in [-0.3, -0.25) is 56.9 Å². The third kappa shape index (κ3) is 13.4. The van der Waals surface area contributed by atoms with E-state index in [2.05, 4.69) is 20.3 Å². The first kappa shape index (κ1) is 55.3. The number of amides is 1. The van der Waals surface area contributed by atoms with Crippen LogP contribution in [0.25, 0.3) is 11.2 Å². The average molecular weight is 1140 g/mol. The average Bonchev–Trinajstić information content (AvgIpc) is 3.92. The summed E-state index contributed by atoms with van der Waals surface area (Å²) in [6, 6.07) is 6.77. The Hall–Kier alpha value is -3.63. The lowest BCUT2D eigenvalue weighted by Crippen LogP contribution is -2.50. The molecule has 372 valence electrons. The number of imidazole rings is 1. The lowest BCUT2D eigenvalue weighted by atomic mass is 10.1. The van der Waals surface area contributed by atoms with Crippen LogP contribution in [0.4, 0.5) is 10.3 Å². The van der Waals surface area contributed by atoms with E-state index in [0.29, 0.717) is 0 Å². The van der Waals surface area contributed by atoms with Crippen molar-refractivity contribution < 1.29 is 54.8 Å². The summed E-state index contributed by atoms with van der Waals surface area (Å²) in [5, 5.41) is 30.1. The molecule has 68 heavy (non-hydrogen) atoms. The Bertz CT molecular complexity index is 2660. The molecular formula is C38H52FIN10O14P2SSi. The molecule has 0 aliphatic carbocycles. The predicted molar refractivity (Wildman–Crippen MR) is 253 cm³/mol. The Kier molecular flexibility index (Phi) is 19.1. The summed E-state index contributed by atoms with van der Waals surface area (Å²) >= 11 is 7.76. The van der Waals surface area contributed by atoms with Crippen LogP contribution in [0.15, 0.2) is 33.0 Å². The molecule has 0 spiro atoms. The number of nitrogens with one attached hydrogen (secondary N) is 3. The van der Waals surface area contributed by atoms with Crippen LogP contribution in [-0.2, 0) is 62.2 Å². The van der Waals surface area contributed by atoms with Crippen molar-refractivity contribution in [2.75, 3.05) is 36.2 Å². The molecule has 9 atom stereocenters. The second kappa shape index (κ2) is 23.5. The maximum Gasteiger partial charge on any atom is 0.475 e. The van der Waals surface area contributed by atoms with Crippen LogP contribution in [0.3, 0.4) is 0 Å². The van der Waals surface area contributed by atoms with E-state index in [1.807, 2.05) is 79.6 Å². The summed E-state index contributed by atoms with van der Waals surface area (Å²) < 4.78 is 88.8. The summed E-state index contributed by atoms with van der Waals surface area (Å²) in [7, 11) is -7.90. The smallest absolute Gasteiger partial charge is 0.408 e. The van der Waals surface area contributed by atoms with E-state index in [1.165, 1.54) is 10.9 Å². The van der Waals surface area contributed by atoms with Gasteiger partial charge in [0.05, 0.1) is 76.3 Å². The van der Waals surface area contributed by atoms with Crippen LogP contribution >= 0.6 is 37.1 Å². The highest BCUT2D eigenvalue weighted by Gasteiger charge is 2.56. The number of H-pyrrole nitrogens is 2. The zero-order valence-corrected chi connectivity index (χ0v) is 43.8. The number of hydrogen-bond acceptors (Lipinski definition) is 20. The predicted octanol–water partition coefficient (Wildman–Crippen LogP) is 5.13. The molecule has 24 nitrogen and oxygen atoms in total. The molecule has 2 fully saturated rings. The van der Waals surface area contributed by atoms with E-state index in [4.69, 9.17) is 52.8 Å². The number of alkyl halides is 2. The van der Waals surface area contributed by atoms with Crippen molar-refractivity contribution in [3.05, 3.63) is 49.8 Å². The number of fused-ring (bicyclic) bond motifs is 1. The maximum absolute atomic E-state index is 16.4. The molecule has 2 aliphatic heterocycles. The van der Waals surface area contributed by atoms with E-state index in [-0.39, 0.29) is 54.0 Å². The molecule has 0 aromatic carbocycles. The molecule has 1 amide bonds. The second-order valence-corrected chi connectivity index (χ2v) is 27.2. The van der Waals surface area contributed by atoms with Crippen LogP contribution in [0.5, 0.6) is 0 Å². The van der Waals surface area contributed by atoms with Gasteiger partial charge < -0.3 is 22.9 Å². The van der Waals surface area contributed by atoms with Gasteiger partial charge in [-0.1, -0.05) is 57.2 Å². The van der Waals surface area contributed by atoms with Crippen LogP contribution in [0.1, 0.15) is 66.3 Å². The number of aromatic amines is 2. The fourth-order valence-corrected chi connectivity index (χ4v) is 11.8. The van der Waals surface area contributed by atoms with Crippen LogP contribution in [-0.4, -0.2) is 111 Å². The lowest BCUT2D eigenvalue weighted by Gasteiger charge is -2.41. The number of aromatic nitrogens is 6. The number of ether oxygens (including phenoxy) is 2. The van der Waals surface area contributed by atoms with Gasteiger partial charge in [0.15, 0.2) is 38.1 Å². The SMILES string of the molecule is CC(C)C(=O)Nc1nc2c(ncn2[C@@H]2O[C@H](COP(=O)(OCCC#N)O[C@H]3[C@@H](F)[C@H](n4ccc(=O)[nH]c4=O)O[C@@H]3CI)[C@@H](O[Si](C)(C)C(C)(C)C)[C@H]2OP(=S)(OCCC#N)OCCC#N)c(=O)[nH]1. The summed E-state index contributed by atoms with van der Waals surface area (Å²) in [6.45, 7) is 7.35. The highest BCUT2D eigenvalue weighted by molar-refractivity contribution is 14.1. The first-order chi connectivity index (χ1) is 32.0. The topological polar surface area (TPSA) is 319 Å².